The first-order valence-electron chi connectivity index (χ1n) is 15.7. The van der Waals surface area contributed by atoms with Gasteiger partial charge in [0, 0.05) is 12.8 Å². The van der Waals surface area contributed by atoms with E-state index in [1.165, 1.54) is 0 Å². The van der Waals surface area contributed by atoms with Gasteiger partial charge in [0.2, 0.25) is 0 Å². The highest BCUT2D eigenvalue weighted by molar-refractivity contribution is 5.49. The Morgan fingerprint density at radius 1 is 0.269 bits per heavy atom. The van der Waals surface area contributed by atoms with Crippen LogP contribution in [0.5, 0.6) is 0 Å². The van der Waals surface area contributed by atoms with Crippen LogP contribution >= 0.6 is 0 Å². The number of aldehydes is 2. The fraction of sp³-hybridized carbons (Fsp3) is 0.733. The van der Waals surface area contributed by atoms with Gasteiger partial charge < -0.3 is 75.9 Å². The summed E-state index contributed by atoms with van der Waals surface area (Å²) in [5, 5.41) is 0. The molecule has 0 fully saturated rings. The summed E-state index contributed by atoms with van der Waals surface area (Å²) in [6.45, 7) is -2.87. The summed E-state index contributed by atoms with van der Waals surface area (Å²) in [7, 11) is 0. The molecule has 0 amide bonds. The molecule has 0 radical (unpaired) electrons. The van der Waals surface area contributed by atoms with Crippen molar-refractivity contribution in [3.63, 3.8) is 0 Å². The van der Waals surface area contributed by atoms with Crippen molar-refractivity contribution in [1.29, 1.82) is 0 Å². The molecule has 0 spiro atoms. The van der Waals surface area contributed by atoms with E-state index in [0.717, 1.165) is 0 Å². The van der Waals surface area contributed by atoms with Crippen LogP contribution in [0.1, 0.15) is 12.8 Å². The zero-order chi connectivity index (χ0) is 38.3. The number of rotatable bonds is 43. The van der Waals surface area contributed by atoms with E-state index in [0.29, 0.717) is 12.6 Å². The molecule has 0 aromatic carbocycles. The third-order valence-electron chi connectivity index (χ3n) is 5.96. The van der Waals surface area contributed by atoms with Crippen LogP contribution in [-0.2, 0) is 105 Å². The maximum atomic E-state index is 11.2. The Hall–Kier alpha value is -4.16. The zero-order valence-corrected chi connectivity index (χ0v) is 28.4. The number of carbonyl (C=O) groups excluding carboxylic acids is 8. The summed E-state index contributed by atoms with van der Waals surface area (Å²) in [5.74, 6) is 0. The van der Waals surface area contributed by atoms with Gasteiger partial charge >= 0.3 is 0 Å². The lowest BCUT2D eigenvalue weighted by Crippen LogP contribution is -2.58. The smallest absolute Gasteiger partial charge is 0.293 e. The van der Waals surface area contributed by atoms with Crippen molar-refractivity contribution in [3.05, 3.63) is 0 Å². The summed E-state index contributed by atoms with van der Waals surface area (Å²) in [4.78, 5) is 87.4. The summed E-state index contributed by atoms with van der Waals surface area (Å²) < 4.78 is 76.2. The fourth-order valence-electron chi connectivity index (χ4n) is 3.99. The van der Waals surface area contributed by atoms with E-state index in [1.807, 2.05) is 0 Å². The van der Waals surface area contributed by atoms with Crippen molar-refractivity contribution in [2.24, 2.45) is 0 Å². The number of hydrogen-bond donors (Lipinski definition) is 0. The maximum absolute atomic E-state index is 11.2. The second-order valence-electron chi connectivity index (χ2n) is 9.27. The van der Waals surface area contributed by atoms with Gasteiger partial charge in [-0.05, 0) is 0 Å². The van der Waals surface area contributed by atoms with Gasteiger partial charge in [-0.1, -0.05) is 0 Å². The third kappa shape index (κ3) is 24.1. The minimum absolute atomic E-state index is 0.0981. The lowest BCUT2D eigenvalue weighted by Gasteiger charge is -2.41. The number of hydrogen-bond acceptors (Lipinski definition) is 22. The van der Waals surface area contributed by atoms with Crippen LogP contribution in [0.15, 0.2) is 0 Å². The lowest BCUT2D eigenvalue weighted by atomic mass is 10.00. The van der Waals surface area contributed by atoms with E-state index in [-0.39, 0.29) is 144 Å². The summed E-state index contributed by atoms with van der Waals surface area (Å²) in [6, 6.07) is 0. The Kier molecular flexibility index (Phi) is 33.7. The van der Waals surface area contributed by atoms with E-state index in [4.69, 9.17) is 66.3 Å². The molecular weight excluding hydrogens is 712 g/mol. The largest absolute Gasteiger partial charge is 0.465 e. The van der Waals surface area contributed by atoms with Crippen molar-refractivity contribution < 1.29 is 105 Å². The summed E-state index contributed by atoms with van der Waals surface area (Å²) in [5.41, 5.74) is 0. The second kappa shape index (κ2) is 36.6. The lowest BCUT2D eigenvalue weighted by molar-refractivity contribution is -0.287. The molecule has 0 aliphatic carbocycles. The second-order valence-corrected chi connectivity index (χ2v) is 9.27. The molecule has 0 saturated carbocycles. The van der Waals surface area contributed by atoms with Crippen LogP contribution in [0.2, 0.25) is 0 Å². The molecule has 0 aliphatic heterocycles. The van der Waals surface area contributed by atoms with Crippen LogP contribution in [0.4, 0.5) is 0 Å². The quantitative estimate of drug-likeness (QED) is 0.0268. The standard InChI is InChI=1S/C30H46O22/c31-3-1-5-49-29(51-17-11-43-23-37)27(47-15-9-41-21-35)25(45-13-7-39-19-33)26(46-14-8-40-20-34)28(48-16-10-42-22-36)30(50-6-2-4-32)52-18-12-44-24-38/h3-4,19-30H,1-2,5-18H2. The van der Waals surface area contributed by atoms with Crippen molar-refractivity contribution in [2.45, 2.75) is 49.8 Å². The molecular formula is C30H46O22. The topological polar surface area (TPSA) is 266 Å². The number of carbonyl (C=O) groups is 8. The Balaban J connectivity index is 7.32. The van der Waals surface area contributed by atoms with Gasteiger partial charge in [-0.2, -0.15) is 0 Å². The molecule has 0 bridgehead atoms. The van der Waals surface area contributed by atoms with Crippen LogP contribution in [0, 0.1) is 0 Å². The molecule has 0 aromatic rings. The molecule has 0 heterocycles. The van der Waals surface area contributed by atoms with Crippen molar-refractivity contribution in [2.75, 3.05) is 92.5 Å². The van der Waals surface area contributed by atoms with Gasteiger partial charge in [0.25, 0.3) is 38.8 Å². The molecule has 6 atom stereocenters. The maximum Gasteiger partial charge on any atom is 0.293 e. The van der Waals surface area contributed by atoms with Gasteiger partial charge in [0.15, 0.2) is 12.6 Å². The Labute approximate surface area is 298 Å². The van der Waals surface area contributed by atoms with Gasteiger partial charge in [-0.15, -0.1) is 0 Å². The Bertz CT molecular complexity index is 852. The monoisotopic (exact) mass is 758 g/mol. The third-order valence-corrected chi connectivity index (χ3v) is 5.96. The van der Waals surface area contributed by atoms with Crippen LogP contribution in [0.3, 0.4) is 0 Å². The van der Waals surface area contributed by atoms with Gasteiger partial charge in [-0.25, -0.2) is 0 Å². The van der Waals surface area contributed by atoms with Crippen molar-refractivity contribution in [1.82, 2.24) is 0 Å². The predicted molar refractivity (Wildman–Crippen MR) is 164 cm³/mol. The molecule has 52 heavy (non-hydrogen) atoms. The summed E-state index contributed by atoms with van der Waals surface area (Å²) >= 11 is 0. The first-order chi connectivity index (χ1) is 25.6. The van der Waals surface area contributed by atoms with Crippen LogP contribution in [0.25, 0.3) is 0 Å². The number of ether oxygens (including phenoxy) is 14. The molecule has 6 unspecified atom stereocenters. The van der Waals surface area contributed by atoms with E-state index in [2.05, 4.69) is 0 Å². The minimum atomic E-state index is -1.46. The average Bonchev–Trinajstić information content (AvgIpc) is 3.15. The first kappa shape index (κ1) is 47.8. The molecule has 22 nitrogen and oxygen atoms in total. The normalized spacial score (nSPS) is 14.2. The predicted octanol–water partition coefficient (Wildman–Crippen LogP) is -2.54. The Morgan fingerprint density at radius 3 is 0.750 bits per heavy atom. The molecule has 22 heteroatoms. The van der Waals surface area contributed by atoms with Crippen LogP contribution in [-0.4, -0.2) is 181 Å². The Morgan fingerprint density at radius 2 is 0.500 bits per heavy atom. The van der Waals surface area contributed by atoms with Gasteiger partial charge in [0.1, 0.15) is 76.6 Å². The first-order valence-corrected chi connectivity index (χ1v) is 15.7. The minimum Gasteiger partial charge on any atom is -0.465 e. The van der Waals surface area contributed by atoms with Crippen molar-refractivity contribution in [3.8, 4) is 0 Å². The SMILES string of the molecule is O=CCCOC(OCCOC=O)C(OCCOC=O)C(OCCOC=O)C(OCCOC=O)C(OCCOC=O)C(OCCC=O)OCCOC=O. The molecule has 0 aromatic heterocycles. The van der Waals surface area contributed by atoms with Gasteiger partial charge in [0.05, 0.1) is 52.9 Å². The molecule has 298 valence electrons. The highest BCUT2D eigenvalue weighted by atomic mass is 16.7. The molecule has 0 aliphatic rings. The highest BCUT2D eigenvalue weighted by Gasteiger charge is 2.46. The van der Waals surface area contributed by atoms with Crippen molar-refractivity contribution >= 4 is 51.4 Å². The fourth-order valence-corrected chi connectivity index (χ4v) is 3.99. The van der Waals surface area contributed by atoms with E-state index in [9.17, 15) is 38.4 Å². The molecule has 0 rings (SSSR count). The highest BCUT2D eigenvalue weighted by Crippen LogP contribution is 2.26. The van der Waals surface area contributed by atoms with Crippen LogP contribution < -0.4 is 0 Å². The van der Waals surface area contributed by atoms with E-state index >= 15 is 0 Å². The average molecular weight is 759 g/mol. The van der Waals surface area contributed by atoms with E-state index < -0.39 is 37.0 Å². The molecule has 0 saturated heterocycles. The van der Waals surface area contributed by atoms with E-state index in [1.54, 1.807) is 0 Å². The molecule has 0 N–H and O–H groups in total. The summed E-state index contributed by atoms with van der Waals surface area (Å²) in [6.07, 6.45) is -7.76. The van der Waals surface area contributed by atoms with Gasteiger partial charge in [-0.3, -0.25) is 28.8 Å². The zero-order valence-electron chi connectivity index (χ0n) is 28.4.